The molecule has 0 amide bonds. The second-order valence-electron chi connectivity index (χ2n) is 5.50. The Bertz CT molecular complexity index is 621. The summed E-state index contributed by atoms with van der Waals surface area (Å²) in [6.07, 6.45) is 5.32. The summed E-state index contributed by atoms with van der Waals surface area (Å²) in [5, 5.41) is 0. The van der Waals surface area contributed by atoms with E-state index in [1.165, 1.54) is 41.3 Å². The molecule has 2 aromatic carbocycles. The van der Waals surface area contributed by atoms with Crippen molar-refractivity contribution in [3.63, 3.8) is 0 Å². The Kier molecular flexibility index (Phi) is 2.23. The SMILES string of the molecule is Brc1cccc2c1C1(CCCC1)c1ccccc1-2. The predicted octanol–water partition coefficient (Wildman–Crippen LogP) is 5.29. The highest BCUT2D eigenvalue weighted by molar-refractivity contribution is 9.10. The summed E-state index contributed by atoms with van der Waals surface area (Å²) in [5.41, 5.74) is 6.30. The van der Waals surface area contributed by atoms with Crippen LogP contribution >= 0.6 is 15.9 Å². The molecule has 2 aliphatic rings. The first kappa shape index (κ1) is 10.8. The molecule has 90 valence electrons. The van der Waals surface area contributed by atoms with Crippen molar-refractivity contribution in [1.29, 1.82) is 0 Å². The third kappa shape index (κ3) is 1.21. The molecule has 0 unspecified atom stereocenters. The largest absolute Gasteiger partial charge is 0.0619 e. The van der Waals surface area contributed by atoms with Crippen LogP contribution in [0.1, 0.15) is 36.8 Å². The molecule has 0 aliphatic heterocycles. The molecule has 0 atom stereocenters. The summed E-state index contributed by atoms with van der Waals surface area (Å²) in [7, 11) is 0. The molecular formula is C17H15Br. The van der Waals surface area contributed by atoms with Gasteiger partial charge in [-0.1, -0.05) is 65.2 Å². The molecule has 0 bridgehead atoms. The molecule has 2 aliphatic carbocycles. The highest BCUT2D eigenvalue weighted by atomic mass is 79.9. The van der Waals surface area contributed by atoms with E-state index in [2.05, 4.69) is 58.4 Å². The third-order valence-corrected chi connectivity index (χ3v) is 5.34. The molecule has 0 radical (unpaired) electrons. The van der Waals surface area contributed by atoms with Crippen LogP contribution < -0.4 is 0 Å². The summed E-state index contributed by atoms with van der Waals surface area (Å²) in [5.74, 6) is 0. The minimum absolute atomic E-state index is 0.298. The number of fused-ring (bicyclic) bond motifs is 5. The van der Waals surface area contributed by atoms with E-state index in [1.54, 1.807) is 11.1 Å². The fourth-order valence-corrected chi connectivity index (χ4v) is 4.75. The molecule has 0 N–H and O–H groups in total. The van der Waals surface area contributed by atoms with Crippen molar-refractivity contribution in [2.75, 3.05) is 0 Å². The molecule has 0 saturated heterocycles. The summed E-state index contributed by atoms with van der Waals surface area (Å²) >= 11 is 3.79. The van der Waals surface area contributed by atoms with E-state index in [0.29, 0.717) is 5.41 Å². The second-order valence-corrected chi connectivity index (χ2v) is 6.35. The second kappa shape index (κ2) is 3.71. The average molecular weight is 299 g/mol. The van der Waals surface area contributed by atoms with E-state index in [-0.39, 0.29) is 0 Å². The van der Waals surface area contributed by atoms with Crippen LogP contribution in [0.15, 0.2) is 46.9 Å². The number of hydrogen-bond donors (Lipinski definition) is 0. The van der Waals surface area contributed by atoms with Crippen molar-refractivity contribution in [3.8, 4) is 11.1 Å². The lowest BCUT2D eigenvalue weighted by Crippen LogP contribution is -2.20. The van der Waals surface area contributed by atoms with Crippen LogP contribution in [0.25, 0.3) is 11.1 Å². The topological polar surface area (TPSA) is 0 Å². The van der Waals surface area contributed by atoms with E-state index in [9.17, 15) is 0 Å². The zero-order chi connectivity index (χ0) is 12.2. The van der Waals surface area contributed by atoms with Gasteiger partial charge >= 0.3 is 0 Å². The Morgan fingerprint density at radius 1 is 0.833 bits per heavy atom. The molecule has 18 heavy (non-hydrogen) atoms. The Balaban J connectivity index is 2.12. The molecular weight excluding hydrogens is 284 g/mol. The first-order valence-corrected chi connectivity index (χ1v) is 7.51. The van der Waals surface area contributed by atoms with Gasteiger partial charge in [0.05, 0.1) is 0 Å². The number of rotatable bonds is 0. The van der Waals surface area contributed by atoms with Crippen LogP contribution in [0.3, 0.4) is 0 Å². The Labute approximate surface area is 116 Å². The summed E-state index contributed by atoms with van der Waals surface area (Å²) < 4.78 is 1.29. The van der Waals surface area contributed by atoms with Crippen LogP contribution in [-0.2, 0) is 5.41 Å². The molecule has 4 rings (SSSR count). The molecule has 0 heterocycles. The number of hydrogen-bond acceptors (Lipinski definition) is 0. The van der Waals surface area contributed by atoms with Crippen LogP contribution in [0.2, 0.25) is 0 Å². The van der Waals surface area contributed by atoms with Crippen molar-refractivity contribution in [2.24, 2.45) is 0 Å². The molecule has 1 fully saturated rings. The molecule has 0 nitrogen and oxygen atoms in total. The first-order chi connectivity index (χ1) is 8.83. The van der Waals surface area contributed by atoms with E-state index in [1.807, 2.05) is 0 Å². The van der Waals surface area contributed by atoms with Crippen LogP contribution in [0, 0.1) is 0 Å². The van der Waals surface area contributed by atoms with Gasteiger partial charge in [0.2, 0.25) is 0 Å². The van der Waals surface area contributed by atoms with Crippen molar-refractivity contribution in [2.45, 2.75) is 31.1 Å². The maximum Gasteiger partial charge on any atom is 0.0226 e. The maximum absolute atomic E-state index is 3.79. The van der Waals surface area contributed by atoms with Gasteiger partial charge in [-0.15, -0.1) is 0 Å². The lowest BCUT2D eigenvalue weighted by molar-refractivity contribution is 0.547. The van der Waals surface area contributed by atoms with Gasteiger partial charge in [0.1, 0.15) is 0 Å². The van der Waals surface area contributed by atoms with Gasteiger partial charge in [0, 0.05) is 9.89 Å². The quantitative estimate of drug-likeness (QED) is 0.620. The fraction of sp³-hybridized carbons (Fsp3) is 0.294. The summed E-state index contributed by atoms with van der Waals surface area (Å²) in [6.45, 7) is 0. The smallest absolute Gasteiger partial charge is 0.0226 e. The van der Waals surface area contributed by atoms with Crippen LogP contribution in [0.4, 0.5) is 0 Å². The zero-order valence-corrected chi connectivity index (χ0v) is 11.8. The Morgan fingerprint density at radius 3 is 2.39 bits per heavy atom. The maximum atomic E-state index is 3.79. The highest BCUT2D eigenvalue weighted by Gasteiger charge is 2.45. The fourth-order valence-electron chi connectivity index (χ4n) is 4.00. The van der Waals surface area contributed by atoms with Crippen LogP contribution in [0.5, 0.6) is 0 Å². The van der Waals surface area contributed by atoms with Gasteiger partial charge < -0.3 is 0 Å². The van der Waals surface area contributed by atoms with Gasteiger partial charge in [-0.05, 0) is 41.2 Å². The molecule has 1 heteroatoms. The third-order valence-electron chi connectivity index (χ3n) is 4.68. The van der Waals surface area contributed by atoms with Gasteiger partial charge in [-0.3, -0.25) is 0 Å². The Hall–Kier alpha value is -1.08. The van der Waals surface area contributed by atoms with E-state index < -0.39 is 0 Å². The van der Waals surface area contributed by atoms with Gasteiger partial charge in [0.25, 0.3) is 0 Å². The molecule has 1 spiro atoms. The summed E-state index contributed by atoms with van der Waals surface area (Å²) in [4.78, 5) is 0. The first-order valence-electron chi connectivity index (χ1n) is 6.72. The van der Waals surface area contributed by atoms with E-state index in [4.69, 9.17) is 0 Å². The number of halogens is 1. The zero-order valence-electron chi connectivity index (χ0n) is 10.2. The lowest BCUT2D eigenvalue weighted by atomic mass is 9.77. The molecule has 0 aromatic heterocycles. The monoisotopic (exact) mass is 298 g/mol. The molecule has 2 aromatic rings. The van der Waals surface area contributed by atoms with Crippen LogP contribution in [-0.4, -0.2) is 0 Å². The van der Waals surface area contributed by atoms with Crippen molar-refractivity contribution >= 4 is 15.9 Å². The normalized spacial score (nSPS) is 18.9. The average Bonchev–Trinajstić information content (AvgIpc) is 2.98. The standard InChI is InChI=1S/C17H15Br/c18-15-9-5-7-13-12-6-1-2-8-14(12)17(16(13)15)10-3-4-11-17/h1-2,5-9H,3-4,10-11H2. The minimum atomic E-state index is 0.298. The summed E-state index contributed by atoms with van der Waals surface area (Å²) in [6, 6.07) is 15.6. The van der Waals surface area contributed by atoms with Gasteiger partial charge in [0.15, 0.2) is 0 Å². The van der Waals surface area contributed by atoms with E-state index >= 15 is 0 Å². The highest BCUT2D eigenvalue weighted by Crippen LogP contribution is 2.58. The van der Waals surface area contributed by atoms with E-state index in [0.717, 1.165) is 0 Å². The van der Waals surface area contributed by atoms with Crippen molar-refractivity contribution < 1.29 is 0 Å². The lowest BCUT2D eigenvalue weighted by Gasteiger charge is -2.27. The Morgan fingerprint density at radius 2 is 1.56 bits per heavy atom. The van der Waals surface area contributed by atoms with Gasteiger partial charge in [-0.25, -0.2) is 0 Å². The van der Waals surface area contributed by atoms with Crippen molar-refractivity contribution in [3.05, 3.63) is 58.1 Å². The minimum Gasteiger partial charge on any atom is -0.0619 e. The molecule has 1 saturated carbocycles. The van der Waals surface area contributed by atoms with Gasteiger partial charge in [-0.2, -0.15) is 0 Å². The predicted molar refractivity (Wildman–Crippen MR) is 78.8 cm³/mol. The van der Waals surface area contributed by atoms with Crippen molar-refractivity contribution in [1.82, 2.24) is 0 Å². The number of benzene rings is 2.